The Balaban J connectivity index is 3.36. The molecule has 520 valence electrons. The third kappa shape index (κ3) is 73.1. The third-order valence-corrected chi connectivity index (χ3v) is 18.9. The molecule has 2 atom stereocenters. The number of unbranched alkanes of at least 4 members (excludes halogenated alkanes) is 61. The van der Waals surface area contributed by atoms with Gasteiger partial charge in [-0.3, -0.25) is 9.59 Å². The Morgan fingerprint density at radius 3 is 0.864 bits per heavy atom. The van der Waals surface area contributed by atoms with E-state index < -0.39 is 12.1 Å². The van der Waals surface area contributed by atoms with E-state index in [2.05, 4.69) is 43.5 Å². The van der Waals surface area contributed by atoms with Crippen LogP contribution in [0.1, 0.15) is 450 Å². The standard InChI is InChI=1S/C82H157NO5/c1-3-5-7-9-11-13-15-17-19-20-44-47-50-54-58-62-66-70-74-80(85)79(78-84)83-81(86)75-71-67-63-59-55-51-48-45-42-40-38-36-34-32-30-28-26-24-22-21-23-25-27-29-31-33-35-37-39-41-43-46-49-53-57-61-65-69-73-77-88-82(87)76-72-68-64-60-56-52-18-16-14-12-10-8-6-4-2/h21-22,25,27,70,74,79-80,84-85H,3-20,23-24,26,28-69,71-73,75-78H2,1-2H3,(H,83,86)/b22-21-,27-25-,74-70+. The molecule has 2 unspecified atom stereocenters. The summed E-state index contributed by atoms with van der Waals surface area (Å²) in [5, 5.41) is 23.2. The molecular formula is C82H157NO5. The summed E-state index contributed by atoms with van der Waals surface area (Å²) in [6.45, 7) is 4.95. The summed E-state index contributed by atoms with van der Waals surface area (Å²) >= 11 is 0. The topological polar surface area (TPSA) is 95.9 Å². The van der Waals surface area contributed by atoms with E-state index in [0.717, 1.165) is 44.9 Å². The number of aliphatic hydroxyl groups excluding tert-OH is 2. The average Bonchev–Trinajstić information content (AvgIpc) is 3.56. The smallest absolute Gasteiger partial charge is 0.305 e. The number of allylic oxidation sites excluding steroid dienone is 5. The van der Waals surface area contributed by atoms with Crippen molar-refractivity contribution in [2.45, 2.75) is 463 Å². The van der Waals surface area contributed by atoms with Crippen molar-refractivity contribution in [3.63, 3.8) is 0 Å². The molecule has 6 heteroatoms. The van der Waals surface area contributed by atoms with Gasteiger partial charge in [0, 0.05) is 12.8 Å². The van der Waals surface area contributed by atoms with Gasteiger partial charge in [-0.05, 0) is 64.2 Å². The molecule has 88 heavy (non-hydrogen) atoms. The molecule has 0 radical (unpaired) electrons. The molecule has 0 spiro atoms. The lowest BCUT2D eigenvalue weighted by Crippen LogP contribution is -2.45. The molecule has 0 heterocycles. The van der Waals surface area contributed by atoms with Crippen molar-refractivity contribution in [3.05, 3.63) is 36.5 Å². The Kier molecular flexibility index (Phi) is 75.8. The largest absolute Gasteiger partial charge is 0.466 e. The molecule has 0 aliphatic heterocycles. The molecule has 0 aromatic rings. The minimum atomic E-state index is -0.843. The lowest BCUT2D eigenvalue weighted by molar-refractivity contribution is -0.143. The maximum absolute atomic E-state index is 12.5. The van der Waals surface area contributed by atoms with Crippen LogP contribution in [-0.2, 0) is 14.3 Å². The van der Waals surface area contributed by atoms with Crippen molar-refractivity contribution >= 4 is 11.9 Å². The van der Waals surface area contributed by atoms with Crippen molar-refractivity contribution in [1.82, 2.24) is 5.32 Å². The number of nitrogens with one attached hydrogen (secondary N) is 1. The predicted molar refractivity (Wildman–Crippen MR) is 389 cm³/mol. The van der Waals surface area contributed by atoms with Crippen LogP contribution in [0.2, 0.25) is 0 Å². The highest BCUT2D eigenvalue weighted by Crippen LogP contribution is 2.20. The van der Waals surface area contributed by atoms with Crippen LogP contribution < -0.4 is 5.32 Å². The molecule has 0 saturated carbocycles. The van der Waals surface area contributed by atoms with Gasteiger partial charge in [0.15, 0.2) is 0 Å². The number of hydrogen-bond donors (Lipinski definition) is 3. The predicted octanol–water partition coefficient (Wildman–Crippen LogP) is 26.6. The van der Waals surface area contributed by atoms with Crippen LogP contribution >= 0.6 is 0 Å². The van der Waals surface area contributed by atoms with Crippen molar-refractivity contribution in [1.29, 1.82) is 0 Å². The summed E-state index contributed by atoms with van der Waals surface area (Å²) in [7, 11) is 0. The highest BCUT2D eigenvalue weighted by molar-refractivity contribution is 5.76. The lowest BCUT2D eigenvalue weighted by atomic mass is 10.0. The highest BCUT2D eigenvalue weighted by Gasteiger charge is 2.18. The van der Waals surface area contributed by atoms with Crippen LogP contribution in [0.4, 0.5) is 0 Å². The summed E-state index contributed by atoms with van der Waals surface area (Å²) in [4.78, 5) is 24.6. The van der Waals surface area contributed by atoms with Gasteiger partial charge in [0.2, 0.25) is 5.91 Å². The van der Waals surface area contributed by atoms with Gasteiger partial charge in [0.05, 0.1) is 25.4 Å². The zero-order valence-corrected chi connectivity index (χ0v) is 59.7. The number of esters is 1. The summed E-state index contributed by atoms with van der Waals surface area (Å²) in [6, 6.07) is -0.626. The lowest BCUT2D eigenvalue weighted by Gasteiger charge is -2.20. The molecule has 3 N–H and O–H groups in total. The van der Waals surface area contributed by atoms with Crippen molar-refractivity contribution in [3.8, 4) is 0 Å². The second-order valence-corrected chi connectivity index (χ2v) is 27.8. The number of carbonyl (C=O) groups is 2. The first-order valence-corrected chi connectivity index (χ1v) is 40.3. The van der Waals surface area contributed by atoms with Crippen molar-refractivity contribution < 1.29 is 24.5 Å². The maximum atomic E-state index is 12.5. The highest BCUT2D eigenvalue weighted by atomic mass is 16.5. The second kappa shape index (κ2) is 77.5. The Hall–Kier alpha value is -1.92. The van der Waals surface area contributed by atoms with E-state index in [9.17, 15) is 19.8 Å². The SMILES string of the molecule is CCCCCCCCCCCCCCCCCC/C=C/C(O)C(CO)NC(=O)CCCCCCCCCCCCCCCCCCC/C=C\C/C=C\CCCCCCCCCCCCCCCCCOC(=O)CCCCCCCCCCCCCCCC. The first-order chi connectivity index (χ1) is 43.5. The van der Waals surface area contributed by atoms with E-state index in [4.69, 9.17) is 4.74 Å². The van der Waals surface area contributed by atoms with Gasteiger partial charge in [0.25, 0.3) is 0 Å². The van der Waals surface area contributed by atoms with Crippen LogP contribution in [0.15, 0.2) is 36.5 Å². The van der Waals surface area contributed by atoms with Crippen LogP contribution in [0.25, 0.3) is 0 Å². The van der Waals surface area contributed by atoms with Crippen LogP contribution in [0.3, 0.4) is 0 Å². The van der Waals surface area contributed by atoms with E-state index in [-0.39, 0.29) is 18.5 Å². The van der Waals surface area contributed by atoms with Gasteiger partial charge in [-0.2, -0.15) is 0 Å². The molecule has 0 aromatic carbocycles. The van der Waals surface area contributed by atoms with Crippen LogP contribution in [0, 0.1) is 0 Å². The fourth-order valence-electron chi connectivity index (χ4n) is 12.8. The number of amides is 1. The molecule has 0 aliphatic rings. The van der Waals surface area contributed by atoms with Crippen molar-refractivity contribution in [2.24, 2.45) is 0 Å². The quantitative estimate of drug-likeness (QED) is 0.0320. The third-order valence-electron chi connectivity index (χ3n) is 18.9. The van der Waals surface area contributed by atoms with Gasteiger partial charge in [0.1, 0.15) is 0 Å². The van der Waals surface area contributed by atoms with E-state index in [1.165, 1.54) is 379 Å². The maximum Gasteiger partial charge on any atom is 0.305 e. The monoisotopic (exact) mass is 1240 g/mol. The van der Waals surface area contributed by atoms with Crippen LogP contribution in [-0.4, -0.2) is 47.4 Å². The number of aliphatic hydroxyl groups is 2. The molecule has 0 fully saturated rings. The Morgan fingerprint density at radius 1 is 0.318 bits per heavy atom. The number of rotatable bonds is 76. The number of ether oxygens (including phenoxy) is 1. The zero-order chi connectivity index (χ0) is 63.5. The normalized spacial score (nSPS) is 12.6. The summed E-state index contributed by atoms with van der Waals surface area (Å²) in [5.41, 5.74) is 0. The molecule has 0 bridgehead atoms. The first-order valence-electron chi connectivity index (χ1n) is 40.3. The Bertz CT molecular complexity index is 1430. The molecule has 0 aliphatic carbocycles. The summed E-state index contributed by atoms with van der Waals surface area (Å²) in [6.07, 6.45) is 101. The summed E-state index contributed by atoms with van der Waals surface area (Å²) < 4.78 is 5.50. The Labute approximate surface area is 551 Å². The minimum Gasteiger partial charge on any atom is -0.466 e. The molecule has 0 saturated heterocycles. The van der Waals surface area contributed by atoms with E-state index in [0.29, 0.717) is 19.4 Å². The molecular weight excluding hydrogens is 1080 g/mol. The van der Waals surface area contributed by atoms with Crippen LogP contribution in [0.5, 0.6) is 0 Å². The number of carbonyl (C=O) groups excluding carboxylic acids is 2. The molecule has 0 aromatic heterocycles. The fourth-order valence-corrected chi connectivity index (χ4v) is 12.8. The first kappa shape index (κ1) is 86.1. The van der Waals surface area contributed by atoms with E-state index >= 15 is 0 Å². The van der Waals surface area contributed by atoms with E-state index in [1.807, 2.05) is 6.08 Å². The van der Waals surface area contributed by atoms with E-state index in [1.54, 1.807) is 6.08 Å². The minimum absolute atomic E-state index is 0.0231. The molecule has 6 nitrogen and oxygen atoms in total. The van der Waals surface area contributed by atoms with Gasteiger partial charge >= 0.3 is 5.97 Å². The van der Waals surface area contributed by atoms with Gasteiger partial charge < -0.3 is 20.3 Å². The molecule has 1 amide bonds. The zero-order valence-electron chi connectivity index (χ0n) is 59.7. The molecule has 0 rings (SSSR count). The van der Waals surface area contributed by atoms with Crippen molar-refractivity contribution in [2.75, 3.05) is 13.2 Å². The second-order valence-electron chi connectivity index (χ2n) is 27.8. The van der Waals surface area contributed by atoms with Gasteiger partial charge in [-0.25, -0.2) is 0 Å². The fraction of sp³-hybridized carbons (Fsp3) is 0.902. The number of hydrogen-bond acceptors (Lipinski definition) is 5. The van der Waals surface area contributed by atoms with Gasteiger partial charge in [-0.1, -0.05) is 410 Å². The summed E-state index contributed by atoms with van der Waals surface area (Å²) in [5.74, 6) is -0.0380. The average molecular weight is 1240 g/mol. The van der Waals surface area contributed by atoms with Gasteiger partial charge in [-0.15, -0.1) is 0 Å². The Morgan fingerprint density at radius 2 is 0.568 bits per heavy atom.